The number of amides is 1. The molecule has 0 spiro atoms. The quantitative estimate of drug-likeness (QED) is 0.860. The molecule has 0 radical (unpaired) electrons. The van der Waals surface area contributed by atoms with Crippen LogP contribution in [0.4, 0.5) is 5.82 Å². The second-order valence-corrected chi connectivity index (χ2v) is 5.27. The molecule has 1 aromatic carbocycles. The molecule has 0 N–H and O–H groups in total. The van der Waals surface area contributed by atoms with Crippen LogP contribution >= 0.6 is 0 Å². The molecule has 0 aliphatic carbocycles. The summed E-state index contributed by atoms with van der Waals surface area (Å²) in [5.74, 6) is 2.36. The molecule has 6 nitrogen and oxygen atoms in total. The Labute approximate surface area is 129 Å². The largest absolute Gasteiger partial charge is 0.484 e. The van der Waals surface area contributed by atoms with E-state index in [0.29, 0.717) is 18.8 Å². The second-order valence-electron chi connectivity index (χ2n) is 5.27. The molecule has 1 fully saturated rings. The molecule has 6 heteroatoms. The summed E-state index contributed by atoms with van der Waals surface area (Å²) >= 11 is 0. The first-order valence-electron chi connectivity index (χ1n) is 7.36. The van der Waals surface area contributed by atoms with Gasteiger partial charge in [-0.3, -0.25) is 4.79 Å². The van der Waals surface area contributed by atoms with Gasteiger partial charge in [-0.15, -0.1) is 0 Å². The van der Waals surface area contributed by atoms with Gasteiger partial charge in [0, 0.05) is 32.2 Å². The molecule has 0 saturated carbocycles. The molecule has 1 saturated heterocycles. The van der Waals surface area contributed by atoms with Crippen LogP contribution in [0.1, 0.15) is 5.76 Å². The van der Waals surface area contributed by atoms with Crippen molar-refractivity contribution in [1.82, 2.24) is 10.1 Å². The zero-order chi connectivity index (χ0) is 15.4. The monoisotopic (exact) mass is 301 g/mol. The number of aryl methyl sites for hydroxylation is 1. The minimum atomic E-state index is 0.0137. The zero-order valence-corrected chi connectivity index (χ0v) is 12.6. The molecule has 22 heavy (non-hydrogen) atoms. The highest BCUT2D eigenvalue weighted by atomic mass is 16.5. The summed E-state index contributed by atoms with van der Waals surface area (Å²) in [6.07, 6.45) is 0. The van der Waals surface area contributed by atoms with E-state index in [9.17, 15) is 4.79 Å². The van der Waals surface area contributed by atoms with Gasteiger partial charge in [0.2, 0.25) is 0 Å². The van der Waals surface area contributed by atoms with E-state index in [-0.39, 0.29) is 12.5 Å². The molecular weight excluding hydrogens is 282 g/mol. The summed E-state index contributed by atoms with van der Waals surface area (Å²) in [6, 6.07) is 11.3. The Hall–Kier alpha value is -2.50. The topological polar surface area (TPSA) is 58.8 Å². The normalized spacial score (nSPS) is 15.0. The maximum Gasteiger partial charge on any atom is 0.260 e. The number of rotatable bonds is 4. The first kappa shape index (κ1) is 14.4. The van der Waals surface area contributed by atoms with Crippen LogP contribution in [0.5, 0.6) is 5.75 Å². The number of nitrogens with zero attached hydrogens (tertiary/aromatic N) is 3. The predicted octanol–water partition coefficient (Wildman–Crippen LogP) is 1.71. The van der Waals surface area contributed by atoms with E-state index in [0.717, 1.165) is 24.7 Å². The fourth-order valence-electron chi connectivity index (χ4n) is 2.44. The Balaban J connectivity index is 1.47. The van der Waals surface area contributed by atoms with E-state index in [1.807, 2.05) is 48.2 Å². The Morgan fingerprint density at radius 1 is 1.23 bits per heavy atom. The summed E-state index contributed by atoms with van der Waals surface area (Å²) < 4.78 is 10.6. The lowest BCUT2D eigenvalue weighted by atomic mass is 10.3. The molecule has 116 valence electrons. The summed E-state index contributed by atoms with van der Waals surface area (Å²) in [7, 11) is 0. The molecule has 2 aromatic rings. The lowest BCUT2D eigenvalue weighted by molar-refractivity contribution is -0.133. The molecule has 2 heterocycles. The summed E-state index contributed by atoms with van der Waals surface area (Å²) in [5.41, 5.74) is 0. The number of benzene rings is 1. The first-order chi connectivity index (χ1) is 10.7. The SMILES string of the molecule is Cc1cc(N2CCN(C(=O)COc3ccccc3)CC2)no1. The van der Waals surface area contributed by atoms with Crippen molar-refractivity contribution >= 4 is 11.7 Å². The zero-order valence-electron chi connectivity index (χ0n) is 12.6. The molecule has 1 aliphatic rings. The molecule has 1 aromatic heterocycles. The molecular formula is C16H19N3O3. The van der Waals surface area contributed by atoms with Crippen molar-refractivity contribution in [3.05, 3.63) is 42.2 Å². The lowest BCUT2D eigenvalue weighted by Gasteiger charge is -2.34. The summed E-state index contributed by atoms with van der Waals surface area (Å²) in [6.45, 7) is 4.79. The fraction of sp³-hybridized carbons (Fsp3) is 0.375. The minimum Gasteiger partial charge on any atom is -0.484 e. The third-order valence-electron chi connectivity index (χ3n) is 3.68. The Morgan fingerprint density at radius 3 is 2.59 bits per heavy atom. The first-order valence-corrected chi connectivity index (χ1v) is 7.36. The van der Waals surface area contributed by atoms with Crippen molar-refractivity contribution in [3.8, 4) is 5.75 Å². The smallest absolute Gasteiger partial charge is 0.260 e. The van der Waals surface area contributed by atoms with Gasteiger partial charge in [0.25, 0.3) is 5.91 Å². The fourth-order valence-corrected chi connectivity index (χ4v) is 2.44. The van der Waals surface area contributed by atoms with Gasteiger partial charge in [0.05, 0.1) is 0 Å². The van der Waals surface area contributed by atoms with Crippen molar-refractivity contribution in [2.24, 2.45) is 0 Å². The van der Waals surface area contributed by atoms with Crippen LogP contribution in [0.2, 0.25) is 0 Å². The van der Waals surface area contributed by atoms with Crippen LogP contribution < -0.4 is 9.64 Å². The van der Waals surface area contributed by atoms with Crippen LogP contribution in [-0.4, -0.2) is 48.7 Å². The number of anilines is 1. The van der Waals surface area contributed by atoms with E-state index < -0.39 is 0 Å². The molecule has 0 bridgehead atoms. The summed E-state index contributed by atoms with van der Waals surface area (Å²) in [5, 5.41) is 4.01. The van der Waals surface area contributed by atoms with E-state index >= 15 is 0 Å². The van der Waals surface area contributed by atoms with Gasteiger partial charge in [-0.25, -0.2) is 0 Å². The van der Waals surface area contributed by atoms with Gasteiger partial charge in [-0.2, -0.15) is 0 Å². The van der Waals surface area contributed by atoms with Crippen LogP contribution in [0, 0.1) is 6.92 Å². The van der Waals surface area contributed by atoms with Crippen molar-refractivity contribution in [2.45, 2.75) is 6.92 Å². The number of hydrogen-bond acceptors (Lipinski definition) is 5. The van der Waals surface area contributed by atoms with Crippen LogP contribution in [0.3, 0.4) is 0 Å². The highest BCUT2D eigenvalue weighted by molar-refractivity contribution is 5.78. The highest BCUT2D eigenvalue weighted by Gasteiger charge is 2.23. The number of hydrogen-bond donors (Lipinski definition) is 0. The number of piperazine rings is 1. The van der Waals surface area contributed by atoms with Gasteiger partial charge in [-0.05, 0) is 19.1 Å². The molecule has 0 unspecified atom stereocenters. The van der Waals surface area contributed by atoms with E-state index in [4.69, 9.17) is 9.26 Å². The Morgan fingerprint density at radius 2 is 1.95 bits per heavy atom. The van der Waals surface area contributed by atoms with Gasteiger partial charge in [-0.1, -0.05) is 23.4 Å². The van der Waals surface area contributed by atoms with Crippen molar-refractivity contribution in [2.75, 3.05) is 37.7 Å². The van der Waals surface area contributed by atoms with E-state index in [1.165, 1.54) is 0 Å². The van der Waals surface area contributed by atoms with Crippen LogP contribution in [0.25, 0.3) is 0 Å². The second kappa shape index (κ2) is 6.51. The molecule has 0 atom stereocenters. The average molecular weight is 301 g/mol. The standard InChI is InChI=1S/C16H19N3O3/c1-13-11-15(17-22-13)18-7-9-19(10-8-18)16(20)12-21-14-5-3-2-4-6-14/h2-6,11H,7-10,12H2,1H3. The third kappa shape index (κ3) is 3.39. The van der Waals surface area contributed by atoms with Gasteiger partial charge in [0.1, 0.15) is 11.5 Å². The van der Waals surface area contributed by atoms with E-state index in [2.05, 4.69) is 10.1 Å². The maximum absolute atomic E-state index is 12.2. The van der Waals surface area contributed by atoms with Gasteiger partial charge in [0.15, 0.2) is 12.4 Å². The average Bonchev–Trinajstić information content (AvgIpc) is 3.00. The Kier molecular flexibility index (Phi) is 4.27. The predicted molar refractivity (Wildman–Crippen MR) is 82.0 cm³/mol. The van der Waals surface area contributed by atoms with Crippen molar-refractivity contribution < 1.29 is 14.1 Å². The van der Waals surface area contributed by atoms with E-state index in [1.54, 1.807) is 0 Å². The van der Waals surface area contributed by atoms with Gasteiger partial charge < -0.3 is 19.1 Å². The molecule has 1 aliphatic heterocycles. The molecule has 1 amide bonds. The minimum absolute atomic E-state index is 0.0137. The van der Waals surface area contributed by atoms with Crippen LogP contribution in [-0.2, 0) is 4.79 Å². The Bertz CT molecular complexity index is 619. The number of para-hydroxylation sites is 1. The van der Waals surface area contributed by atoms with Crippen LogP contribution in [0.15, 0.2) is 40.9 Å². The third-order valence-corrected chi connectivity index (χ3v) is 3.68. The number of carbonyl (C=O) groups is 1. The lowest BCUT2D eigenvalue weighted by Crippen LogP contribution is -2.50. The summed E-state index contributed by atoms with van der Waals surface area (Å²) in [4.78, 5) is 16.1. The van der Waals surface area contributed by atoms with Crippen molar-refractivity contribution in [1.29, 1.82) is 0 Å². The molecule has 3 rings (SSSR count). The highest BCUT2D eigenvalue weighted by Crippen LogP contribution is 2.16. The number of ether oxygens (including phenoxy) is 1. The number of carbonyl (C=O) groups excluding carboxylic acids is 1. The van der Waals surface area contributed by atoms with Crippen molar-refractivity contribution in [3.63, 3.8) is 0 Å². The number of aromatic nitrogens is 1. The van der Waals surface area contributed by atoms with Gasteiger partial charge >= 0.3 is 0 Å². The maximum atomic E-state index is 12.2.